The van der Waals surface area contributed by atoms with Crippen molar-refractivity contribution in [2.24, 2.45) is 0 Å². The smallest absolute Gasteiger partial charge is 0.115 e. The van der Waals surface area contributed by atoms with Crippen LogP contribution in [0.25, 0.3) is 0 Å². The third-order valence-corrected chi connectivity index (χ3v) is 2.76. The molecule has 2 heterocycles. The van der Waals surface area contributed by atoms with E-state index < -0.39 is 0 Å². The monoisotopic (exact) mass is 197 g/mol. The fourth-order valence-corrected chi connectivity index (χ4v) is 1.99. The SMILES string of the molecule is ClC1CCCCN1c1cncnc1. The number of hydrogen-bond donors (Lipinski definition) is 0. The van der Waals surface area contributed by atoms with Crippen LogP contribution in [0.15, 0.2) is 18.7 Å². The van der Waals surface area contributed by atoms with Crippen molar-refractivity contribution >= 4 is 17.3 Å². The Morgan fingerprint density at radius 3 is 2.77 bits per heavy atom. The fraction of sp³-hybridized carbons (Fsp3) is 0.556. The highest BCUT2D eigenvalue weighted by atomic mass is 35.5. The van der Waals surface area contributed by atoms with Gasteiger partial charge in [-0.15, -0.1) is 0 Å². The minimum Gasteiger partial charge on any atom is -0.353 e. The Bertz CT molecular complexity index is 265. The van der Waals surface area contributed by atoms with E-state index in [1.54, 1.807) is 0 Å². The van der Waals surface area contributed by atoms with Crippen molar-refractivity contribution in [3.63, 3.8) is 0 Å². The molecule has 0 N–H and O–H groups in total. The summed E-state index contributed by atoms with van der Waals surface area (Å²) < 4.78 is 0. The van der Waals surface area contributed by atoms with E-state index in [9.17, 15) is 0 Å². The van der Waals surface area contributed by atoms with Gasteiger partial charge in [0.25, 0.3) is 0 Å². The number of nitrogens with zero attached hydrogens (tertiary/aromatic N) is 3. The van der Waals surface area contributed by atoms with Gasteiger partial charge in [-0.05, 0) is 19.3 Å². The van der Waals surface area contributed by atoms with Gasteiger partial charge in [0.05, 0.1) is 18.1 Å². The highest BCUT2D eigenvalue weighted by molar-refractivity contribution is 6.21. The quantitative estimate of drug-likeness (QED) is 0.510. The predicted octanol–water partition coefficient (Wildman–Crippen LogP) is 2.03. The molecule has 3 nitrogen and oxygen atoms in total. The van der Waals surface area contributed by atoms with Crippen LogP contribution in [-0.4, -0.2) is 22.0 Å². The van der Waals surface area contributed by atoms with Crippen LogP contribution in [-0.2, 0) is 0 Å². The number of alkyl halides is 1. The minimum absolute atomic E-state index is 0.111. The van der Waals surface area contributed by atoms with Crippen LogP contribution in [0, 0.1) is 0 Å². The molecule has 0 bridgehead atoms. The lowest BCUT2D eigenvalue weighted by Crippen LogP contribution is -2.35. The Morgan fingerprint density at radius 2 is 2.08 bits per heavy atom. The first kappa shape index (κ1) is 8.75. The third kappa shape index (κ3) is 1.91. The average molecular weight is 198 g/mol. The Kier molecular flexibility index (Phi) is 2.64. The molecule has 0 spiro atoms. The van der Waals surface area contributed by atoms with Gasteiger partial charge in [-0.1, -0.05) is 11.6 Å². The van der Waals surface area contributed by atoms with Gasteiger partial charge in [0.15, 0.2) is 0 Å². The molecule has 0 aromatic carbocycles. The van der Waals surface area contributed by atoms with Gasteiger partial charge in [0, 0.05) is 6.54 Å². The van der Waals surface area contributed by atoms with Gasteiger partial charge in [-0.25, -0.2) is 9.97 Å². The number of piperidine rings is 1. The van der Waals surface area contributed by atoms with E-state index in [1.165, 1.54) is 19.2 Å². The topological polar surface area (TPSA) is 29.0 Å². The molecule has 2 rings (SSSR count). The van der Waals surface area contributed by atoms with Gasteiger partial charge < -0.3 is 4.90 Å². The summed E-state index contributed by atoms with van der Waals surface area (Å²) in [4.78, 5) is 10.1. The lowest BCUT2D eigenvalue weighted by molar-refractivity contribution is 0.544. The molecular formula is C9H12ClN3. The van der Waals surface area contributed by atoms with Crippen LogP contribution in [0.5, 0.6) is 0 Å². The van der Waals surface area contributed by atoms with Crippen molar-refractivity contribution in [2.45, 2.75) is 24.8 Å². The first-order chi connectivity index (χ1) is 6.38. The molecule has 1 saturated heterocycles. The Labute approximate surface area is 82.8 Å². The molecule has 4 heteroatoms. The lowest BCUT2D eigenvalue weighted by Gasteiger charge is -2.32. The summed E-state index contributed by atoms with van der Waals surface area (Å²) in [6, 6.07) is 0. The Balaban J connectivity index is 2.15. The van der Waals surface area contributed by atoms with Crippen LogP contribution in [0.4, 0.5) is 5.69 Å². The first-order valence-electron chi connectivity index (χ1n) is 4.53. The molecule has 1 aliphatic rings. The van der Waals surface area contributed by atoms with Gasteiger partial charge in [0.2, 0.25) is 0 Å². The summed E-state index contributed by atoms with van der Waals surface area (Å²) in [6.45, 7) is 1.02. The Morgan fingerprint density at radius 1 is 1.31 bits per heavy atom. The van der Waals surface area contributed by atoms with E-state index in [0.717, 1.165) is 18.7 Å². The molecule has 0 saturated carbocycles. The van der Waals surface area contributed by atoms with Gasteiger partial charge in [-0.3, -0.25) is 0 Å². The molecule has 1 aromatic rings. The molecule has 1 unspecified atom stereocenters. The van der Waals surface area contributed by atoms with E-state index in [-0.39, 0.29) is 5.50 Å². The summed E-state index contributed by atoms with van der Waals surface area (Å²) in [5, 5.41) is 0. The molecule has 1 aromatic heterocycles. The predicted molar refractivity (Wildman–Crippen MR) is 52.9 cm³/mol. The van der Waals surface area contributed by atoms with Crippen molar-refractivity contribution in [3.8, 4) is 0 Å². The van der Waals surface area contributed by atoms with Crippen molar-refractivity contribution in [1.29, 1.82) is 0 Å². The number of hydrogen-bond acceptors (Lipinski definition) is 3. The number of anilines is 1. The Hall–Kier alpha value is -0.830. The zero-order valence-electron chi connectivity index (χ0n) is 7.36. The second-order valence-corrected chi connectivity index (χ2v) is 3.72. The summed E-state index contributed by atoms with van der Waals surface area (Å²) in [5.41, 5.74) is 1.14. The van der Waals surface area contributed by atoms with Crippen molar-refractivity contribution < 1.29 is 0 Å². The van der Waals surface area contributed by atoms with Gasteiger partial charge in [0.1, 0.15) is 11.8 Å². The summed E-state index contributed by atoms with van der Waals surface area (Å²) in [7, 11) is 0. The third-order valence-electron chi connectivity index (χ3n) is 2.31. The fourth-order valence-electron chi connectivity index (χ4n) is 1.62. The highest BCUT2D eigenvalue weighted by Crippen LogP contribution is 2.25. The number of halogens is 1. The van der Waals surface area contributed by atoms with E-state index in [4.69, 9.17) is 11.6 Å². The summed E-state index contributed by atoms with van der Waals surface area (Å²) in [5.74, 6) is 0. The second-order valence-electron chi connectivity index (χ2n) is 3.22. The molecule has 1 atom stereocenters. The molecule has 0 radical (unpaired) electrons. The zero-order chi connectivity index (χ0) is 9.10. The minimum atomic E-state index is 0.111. The van der Waals surface area contributed by atoms with E-state index in [2.05, 4.69) is 14.9 Å². The summed E-state index contributed by atoms with van der Waals surface area (Å²) in [6.07, 6.45) is 8.64. The highest BCUT2D eigenvalue weighted by Gasteiger charge is 2.20. The van der Waals surface area contributed by atoms with Crippen molar-refractivity contribution in [2.75, 3.05) is 11.4 Å². The van der Waals surface area contributed by atoms with Crippen molar-refractivity contribution in [1.82, 2.24) is 9.97 Å². The van der Waals surface area contributed by atoms with E-state index in [1.807, 2.05) is 12.4 Å². The van der Waals surface area contributed by atoms with E-state index >= 15 is 0 Å². The van der Waals surface area contributed by atoms with Crippen molar-refractivity contribution in [3.05, 3.63) is 18.7 Å². The largest absolute Gasteiger partial charge is 0.353 e. The molecule has 1 fully saturated rings. The maximum Gasteiger partial charge on any atom is 0.115 e. The van der Waals surface area contributed by atoms with Crippen LogP contribution >= 0.6 is 11.6 Å². The normalized spacial score (nSPS) is 23.2. The molecular weight excluding hydrogens is 186 g/mol. The summed E-state index contributed by atoms with van der Waals surface area (Å²) >= 11 is 6.19. The molecule has 70 valence electrons. The van der Waals surface area contributed by atoms with Gasteiger partial charge >= 0.3 is 0 Å². The van der Waals surface area contributed by atoms with Gasteiger partial charge in [-0.2, -0.15) is 0 Å². The first-order valence-corrected chi connectivity index (χ1v) is 4.97. The van der Waals surface area contributed by atoms with E-state index in [0.29, 0.717) is 0 Å². The maximum atomic E-state index is 6.19. The second kappa shape index (κ2) is 3.92. The lowest BCUT2D eigenvalue weighted by atomic mass is 10.1. The number of aromatic nitrogens is 2. The number of rotatable bonds is 1. The average Bonchev–Trinajstić information content (AvgIpc) is 2.20. The maximum absolute atomic E-state index is 6.19. The van der Waals surface area contributed by atoms with Crippen LogP contribution in [0.3, 0.4) is 0 Å². The molecule has 0 aliphatic carbocycles. The molecule has 13 heavy (non-hydrogen) atoms. The van der Waals surface area contributed by atoms with Crippen LogP contribution < -0.4 is 4.90 Å². The molecule has 1 aliphatic heterocycles. The van der Waals surface area contributed by atoms with Crippen LogP contribution in [0.2, 0.25) is 0 Å². The molecule has 0 amide bonds. The zero-order valence-corrected chi connectivity index (χ0v) is 8.11. The van der Waals surface area contributed by atoms with Crippen LogP contribution in [0.1, 0.15) is 19.3 Å². The standard InChI is InChI=1S/C9H12ClN3/c10-9-3-1-2-4-13(9)8-5-11-7-12-6-8/h5-7,9H,1-4H2.